The average molecular weight is 427 g/mol. The largest absolute Gasteiger partial charge is 0.396 e. The minimum Gasteiger partial charge on any atom is -0.396 e. The van der Waals surface area contributed by atoms with Gasteiger partial charge in [-0.1, -0.05) is 12.1 Å². The molecule has 1 aliphatic carbocycles. The Morgan fingerprint density at radius 3 is 2.74 bits per heavy atom. The van der Waals surface area contributed by atoms with Crippen LogP contribution in [0.25, 0.3) is 0 Å². The summed E-state index contributed by atoms with van der Waals surface area (Å²) >= 11 is 0. The molecule has 1 saturated carbocycles. The molecule has 1 spiro atoms. The zero-order valence-corrected chi connectivity index (χ0v) is 17.7. The summed E-state index contributed by atoms with van der Waals surface area (Å²) in [6, 6.07) is 5.31. The fourth-order valence-electron chi connectivity index (χ4n) is 5.90. The van der Waals surface area contributed by atoms with E-state index in [1.54, 1.807) is 4.90 Å². The highest BCUT2D eigenvalue weighted by molar-refractivity contribution is 6.05. The highest BCUT2D eigenvalue weighted by Crippen LogP contribution is 2.67. The summed E-state index contributed by atoms with van der Waals surface area (Å²) in [5.41, 5.74) is 2.83. The lowest BCUT2D eigenvalue weighted by Crippen LogP contribution is -2.52. The molecule has 4 aliphatic rings. The van der Waals surface area contributed by atoms with Crippen molar-refractivity contribution in [1.29, 1.82) is 0 Å². The van der Waals surface area contributed by atoms with Crippen LogP contribution in [0.5, 0.6) is 0 Å². The average Bonchev–Trinajstić information content (AvgIpc) is 3.24. The Kier molecular flexibility index (Phi) is 5.11. The molecule has 2 saturated heterocycles. The maximum Gasteiger partial charge on any atom is 0.255 e. The topological polar surface area (TPSA) is 111 Å². The summed E-state index contributed by atoms with van der Waals surface area (Å²) in [7, 11) is 0. The van der Waals surface area contributed by atoms with Crippen molar-refractivity contribution in [3.63, 3.8) is 0 Å². The van der Waals surface area contributed by atoms with E-state index in [1.165, 1.54) is 0 Å². The fraction of sp³-hybridized carbons (Fsp3) is 0.609. The Morgan fingerprint density at radius 2 is 2.00 bits per heavy atom. The smallest absolute Gasteiger partial charge is 0.255 e. The van der Waals surface area contributed by atoms with Crippen molar-refractivity contribution < 1.29 is 19.5 Å². The Bertz CT molecular complexity index is 926. The fourth-order valence-corrected chi connectivity index (χ4v) is 5.90. The maximum atomic E-state index is 13.0. The predicted molar refractivity (Wildman–Crippen MR) is 113 cm³/mol. The second kappa shape index (κ2) is 7.69. The molecule has 3 aliphatic heterocycles. The summed E-state index contributed by atoms with van der Waals surface area (Å²) in [6.07, 6.45) is 3.96. The minimum absolute atomic E-state index is 0.0236. The zero-order valence-electron chi connectivity index (χ0n) is 17.7. The molecule has 0 bridgehead atoms. The van der Waals surface area contributed by atoms with Gasteiger partial charge in [-0.05, 0) is 61.4 Å². The summed E-state index contributed by atoms with van der Waals surface area (Å²) < 4.78 is 0. The number of aliphatic hydroxyl groups is 1. The van der Waals surface area contributed by atoms with Crippen molar-refractivity contribution in [3.8, 4) is 0 Å². The molecule has 2 unspecified atom stereocenters. The normalized spacial score (nSPS) is 29.3. The number of hydrogen-bond acceptors (Lipinski definition) is 6. The van der Waals surface area contributed by atoms with Crippen LogP contribution in [-0.4, -0.2) is 60.0 Å². The first-order valence-electron chi connectivity index (χ1n) is 11.3. The van der Waals surface area contributed by atoms with E-state index in [4.69, 9.17) is 0 Å². The van der Waals surface area contributed by atoms with Crippen LogP contribution in [0, 0.1) is 10.8 Å². The summed E-state index contributed by atoms with van der Waals surface area (Å²) in [5.74, 6) is -0.805. The van der Waals surface area contributed by atoms with E-state index in [9.17, 15) is 19.5 Å². The number of piperidine rings is 2. The number of aliphatic hydroxyl groups excluding tert-OH is 1. The number of benzene rings is 1. The van der Waals surface area contributed by atoms with Crippen LogP contribution in [0.1, 0.15) is 53.6 Å². The molecule has 8 nitrogen and oxygen atoms in total. The van der Waals surface area contributed by atoms with Gasteiger partial charge in [-0.15, -0.1) is 0 Å². The number of fused-ring (bicyclic) bond motifs is 1. The zero-order chi connectivity index (χ0) is 21.6. The van der Waals surface area contributed by atoms with E-state index in [0.29, 0.717) is 25.1 Å². The Labute approximate surface area is 181 Å². The molecule has 3 amide bonds. The molecule has 166 valence electrons. The Morgan fingerprint density at radius 1 is 1.19 bits per heavy atom. The first-order valence-corrected chi connectivity index (χ1v) is 11.3. The number of nitrogens with one attached hydrogen (secondary N) is 3. The van der Waals surface area contributed by atoms with Crippen LogP contribution < -0.4 is 16.0 Å². The SMILES string of the molecule is O=C1CCC(N2Cc3ccc(CNCC4(CO)CC45CCNCC5)cc3C2=O)C(=O)N1. The first-order chi connectivity index (χ1) is 15.0. The molecule has 3 fully saturated rings. The number of carbonyl (C=O) groups is 3. The first kappa shape index (κ1) is 20.6. The van der Waals surface area contributed by atoms with Gasteiger partial charge < -0.3 is 20.6 Å². The molecule has 0 aromatic heterocycles. The van der Waals surface area contributed by atoms with E-state index in [-0.39, 0.29) is 41.6 Å². The highest BCUT2D eigenvalue weighted by Gasteiger charge is 2.65. The Balaban J connectivity index is 1.21. The van der Waals surface area contributed by atoms with Crippen LogP contribution in [0.3, 0.4) is 0 Å². The number of hydrogen-bond donors (Lipinski definition) is 4. The minimum atomic E-state index is -0.584. The van der Waals surface area contributed by atoms with Crippen LogP contribution in [0.2, 0.25) is 0 Å². The van der Waals surface area contributed by atoms with Gasteiger partial charge in [0.15, 0.2) is 0 Å². The number of amides is 3. The standard InChI is InChI=1S/C23H30N4O4/c28-14-23(12-22(23)5-7-24-8-6-22)13-25-10-15-1-2-16-11-27(21(31)17(16)9-15)18-3-4-19(29)26-20(18)30/h1-2,9,18,24-25,28H,3-8,10-14H2,(H,26,29,30). The number of rotatable bonds is 6. The molecule has 4 N–H and O–H groups in total. The van der Waals surface area contributed by atoms with Gasteiger partial charge in [0.1, 0.15) is 6.04 Å². The van der Waals surface area contributed by atoms with E-state index in [1.807, 2.05) is 18.2 Å². The third kappa shape index (κ3) is 3.46. The molecule has 31 heavy (non-hydrogen) atoms. The molecule has 5 rings (SSSR count). The van der Waals surface area contributed by atoms with Gasteiger partial charge in [-0.2, -0.15) is 0 Å². The number of carbonyl (C=O) groups excluding carboxylic acids is 3. The van der Waals surface area contributed by atoms with Crippen LogP contribution in [0.15, 0.2) is 18.2 Å². The van der Waals surface area contributed by atoms with Gasteiger partial charge in [-0.25, -0.2) is 0 Å². The summed E-state index contributed by atoms with van der Waals surface area (Å²) in [4.78, 5) is 38.2. The highest BCUT2D eigenvalue weighted by atomic mass is 16.3. The van der Waals surface area contributed by atoms with E-state index >= 15 is 0 Å². The molecule has 3 heterocycles. The lowest BCUT2D eigenvalue weighted by molar-refractivity contribution is -0.136. The van der Waals surface area contributed by atoms with Crippen molar-refractivity contribution in [2.24, 2.45) is 10.8 Å². The van der Waals surface area contributed by atoms with Crippen molar-refractivity contribution in [2.75, 3.05) is 26.2 Å². The second-order valence-electron chi connectivity index (χ2n) is 9.64. The Hall–Kier alpha value is -2.29. The summed E-state index contributed by atoms with van der Waals surface area (Å²) in [5, 5.41) is 19.3. The lowest BCUT2D eigenvalue weighted by atomic mass is 9.85. The number of imide groups is 1. The monoisotopic (exact) mass is 426 g/mol. The van der Waals surface area contributed by atoms with Crippen molar-refractivity contribution in [1.82, 2.24) is 20.9 Å². The summed E-state index contributed by atoms with van der Waals surface area (Å²) in [6.45, 7) is 4.07. The van der Waals surface area contributed by atoms with E-state index in [2.05, 4.69) is 16.0 Å². The second-order valence-corrected chi connectivity index (χ2v) is 9.64. The molecule has 8 heteroatoms. The van der Waals surface area contributed by atoms with Gasteiger partial charge in [0, 0.05) is 37.0 Å². The van der Waals surface area contributed by atoms with Crippen LogP contribution in [-0.2, 0) is 22.7 Å². The van der Waals surface area contributed by atoms with E-state index < -0.39 is 6.04 Å². The molecular formula is C23H30N4O4. The molecule has 1 aromatic rings. The predicted octanol–water partition coefficient (Wildman–Crippen LogP) is 0.289. The quantitative estimate of drug-likeness (QED) is 0.487. The van der Waals surface area contributed by atoms with Gasteiger partial charge in [0.25, 0.3) is 5.91 Å². The maximum absolute atomic E-state index is 13.0. The number of nitrogens with zero attached hydrogens (tertiary/aromatic N) is 1. The van der Waals surface area contributed by atoms with Gasteiger partial charge >= 0.3 is 0 Å². The van der Waals surface area contributed by atoms with Crippen LogP contribution >= 0.6 is 0 Å². The molecule has 0 radical (unpaired) electrons. The van der Waals surface area contributed by atoms with Gasteiger partial charge in [0.05, 0.1) is 6.61 Å². The third-order valence-corrected chi connectivity index (χ3v) is 7.93. The van der Waals surface area contributed by atoms with Gasteiger partial charge in [0.2, 0.25) is 11.8 Å². The van der Waals surface area contributed by atoms with Crippen molar-refractivity contribution >= 4 is 17.7 Å². The molecule has 1 aromatic carbocycles. The molecule has 2 atom stereocenters. The van der Waals surface area contributed by atoms with Crippen molar-refractivity contribution in [3.05, 3.63) is 34.9 Å². The van der Waals surface area contributed by atoms with Crippen LogP contribution in [0.4, 0.5) is 0 Å². The molecular weight excluding hydrogens is 396 g/mol. The van der Waals surface area contributed by atoms with Gasteiger partial charge in [-0.3, -0.25) is 19.7 Å². The van der Waals surface area contributed by atoms with Crippen molar-refractivity contribution in [2.45, 2.75) is 51.2 Å². The lowest BCUT2D eigenvalue weighted by Gasteiger charge is -2.29. The third-order valence-electron chi connectivity index (χ3n) is 7.93. The van der Waals surface area contributed by atoms with E-state index in [0.717, 1.165) is 50.0 Å².